The van der Waals surface area contributed by atoms with Crippen LogP contribution in [0.2, 0.25) is 0 Å². The summed E-state index contributed by atoms with van der Waals surface area (Å²) in [6.07, 6.45) is 2.33. The Hall–Kier alpha value is -1.03. The van der Waals surface area contributed by atoms with Crippen LogP contribution in [0.15, 0.2) is 12.4 Å². The van der Waals surface area contributed by atoms with Crippen molar-refractivity contribution in [1.82, 2.24) is 15.3 Å². The van der Waals surface area contributed by atoms with E-state index < -0.39 is 5.82 Å². The quantitative estimate of drug-likeness (QED) is 0.689. The molecule has 1 N–H and O–H groups in total. The third kappa shape index (κ3) is 1.94. The van der Waals surface area contributed by atoms with Crippen LogP contribution in [0.5, 0.6) is 0 Å². The highest BCUT2D eigenvalue weighted by molar-refractivity contribution is 4.95. The minimum absolute atomic E-state index is 0.0654. The van der Waals surface area contributed by atoms with Gasteiger partial charge < -0.3 is 5.32 Å². The fourth-order valence-electron chi connectivity index (χ4n) is 0.675. The van der Waals surface area contributed by atoms with E-state index in [0.717, 1.165) is 12.4 Å². The highest BCUT2D eigenvalue weighted by atomic mass is 19.1. The Balaban J connectivity index is 2.81. The van der Waals surface area contributed by atoms with Crippen molar-refractivity contribution in [2.75, 3.05) is 7.05 Å². The Morgan fingerprint density at radius 2 is 2.00 bits per heavy atom. The van der Waals surface area contributed by atoms with Crippen LogP contribution in [0, 0.1) is 5.82 Å². The molecule has 1 atom stereocenters. The van der Waals surface area contributed by atoms with Crippen LogP contribution in [0.3, 0.4) is 0 Å². The van der Waals surface area contributed by atoms with Crippen LogP contribution >= 0.6 is 0 Å². The van der Waals surface area contributed by atoms with Crippen molar-refractivity contribution < 1.29 is 4.39 Å². The maximum Gasteiger partial charge on any atom is 0.159 e. The zero-order valence-corrected chi connectivity index (χ0v) is 6.50. The van der Waals surface area contributed by atoms with Crippen molar-refractivity contribution in [3.63, 3.8) is 0 Å². The van der Waals surface area contributed by atoms with Crippen LogP contribution in [0.4, 0.5) is 4.39 Å². The minimum atomic E-state index is -0.406. The zero-order valence-electron chi connectivity index (χ0n) is 6.50. The molecule has 0 aliphatic heterocycles. The van der Waals surface area contributed by atoms with E-state index in [1.807, 2.05) is 6.92 Å². The van der Waals surface area contributed by atoms with Gasteiger partial charge in [0.05, 0.1) is 18.4 Å². The molecule has 1 rings (SSSR count). The normalized spacial score (nSPS) is 13.0. The summed E-state index contributed by atoms with van der Waals surface area (Å²) in [5, 5.41) is 2.95. The topological polar surface area (TPSA) is 37.8 Å². The summed E-state index contributed by atoms with van der Waals surface area (Å²) in [5.74, 6) is 0.200. The lowest BCUT2D eigenvalue weighted by molar-refractivity contribution is 0.576. The first kappa shape index (κ1) is 8.07. The van der Waals surface area contributed by atoms with Gasteiger partial charge >= 0.3 is 0 Å². The van der Waals surface area contributed by atoms with Gasteiger partial charge in [-0.25, -0.2) is 14.4 Å². The molecule has 0 spiro atoms. The average Bonchev–Trinajstić information content (AvgIpc) is 2.05. The lowest BCUT2D eigenvalue weighted by atomic mass is 10.3. The molecule has 0 aromatic carbocycles. The summed E-state index contributed by atoms with van der Waals surface area (Å²) in [7, 11) is 1.80. The SMILES string of the molecule is CN[C@@H](C)c1ncc(F)cn1. The maximum absolute atomic E-state index is 12.3. The first-order valence-corrected chi connectivity index (χ1v) is 3.38. The first-order chi connectivity index (χ1) is 5.24. The third-order valence-corrected chi connectivity index (χ3v) is 1.46. The highest BCUT2D eigenvalue weighted by Gasteiger charge is 2.04. The van der Waals surface area contributed by atoms with Crippen LogP contribution in [-0.2, 0) is 0 Å². The van der Waals surface area contributed by atoms with Crippen LogP contribution in [-0.4, -0.2) is 17.0 Å². The number of aromatic nitrogens is 2. The summed E-state index contributed by atoms with van der Waals surface area (Å²) >= 11 is 0. The van der Waals surface area contributed by atoms with Crippen LogP contribution in [0.25, 0.3) is 0 Å². The Bertz CT molecular complexity index is 222. The Morgan fingerprint density at radius 1 is 1.45 bits per heavy atom. The molecule has 1 aromatic rings. The van der Waals surface area contributed by atoms with Crippen molar-refractivity contribution in [1.29, 1.82) is 0 Å². The van der Waals surface area contributed by atoms with E-state index in [2.05, 4.69) is 15.3 Å². The molecule has 0 radical (unpaired) electrons. The smallest absolute Gasteiger partial charge is 0.159 e. The van der Waals surface area contributed by atoms with Gasteiger partial charge in [-0.3, -0.25) is 0 Å². The largest absolute Gasteiger partial charge is 0.311 e. The zero-order chi connectivity index (χ0) is 8.27. The summed E-state index contributed by atoms with van der Waals surface area (Å²) in [6, 6.07) is 0.0654. The molecule has 0 aliphatic rings. The summed E-state index contributed by atoms with van der Waals surface area (Å²) in [5.41, 5.74) is 0. The second-order valence-electron chi connectivity index (χ2n) is 2.27. The summed E-state index contributed by atoms with van der Waals surface area (Å²) in [6.45, 7) is 1.91. The van der Waals surface area contributed by atoms with Crippen molar-refractivity contribution >= 4 is 0 Å². The molecule has 0 saturated heterocycles. The van der Waals surface area contributed by atoms with Gasteiger partial charge in [-0.15, -0.1) is 0 Å². The third-order valence-electron chi connectivity index (χ3n) is 1.46. The van der Waals surface area contributed by atoms with Gasteiger partial charge in [-0.05, 0) is 14.0 Å². The standard InChI is InChI=1S/C7H10FN3/c1-5(9-2)7-10-3-6(8)4-11-7/h3-5,9H,1-2H3/t5-/m0/s1. The molecular weight excluding hydrogens is 145 g/mol. The molecule has 11 heavy (non-hydrogen) atoms. The minimum Gasteiger partial charge on any atom is -0.311 e. The molecule has 0 unspecified atom stereocenters. The van der Waals surface area contributed by atoms with E-state index in [4.69, 9.17) is 0 Å². The molecule has 0 aliphatic carbocycles. The van der Waals surface area contributed by atoms with Gasteiger partial charge in [0.25, 0.3) is 0 Å². The highest BCUT2D eigenvalue weighted by Crippen LogP contribution is 2.03. The van der Waals surface area contributed by atoms with Crippen molar-refractivity contribution in [3.8, 4) is 0 Å². The van der Waals surface area contributed by atoms with Gasteiger partial charge in [0, 0.05) is 0 Å². The van der Waals surface area contributed by atoms with Gasteiger partial charge in [-0.2, -0.15) is 0 Å². The number of hydrogen-bond acceptors (Lipinski definition) is 3. The van der Waals surface area contributed by atoms with Gasteiger partial charge in [0.1, 0.15) is 5.82 Å². The van der Waals surface area contributed by atoms with Crippen molar-refractivity contribution in [2.24, 2.45) is 0 Å². The molecular formula is C7H10FN3. The molecule has 4 heteroatoms. The number of nitrogens with zero attached hydrogens (tertiary/aromatic N) is 2. The van der Waals surface area contributed by atoms with Gasteiger partial charge in [0.15, 0.2) is 5.82 Å². The maximum atomic E-state index is 12.3. The fourth-order valence-corrected chi connectivity index (χ4v) is 0.675. The lowest BCUT2D eigenvalue weighted by Crippen LogP contribution is -2.15. The van der Waals surface area contributed by atoms with Gasteiger partial charge in [-0.1, -0.05) is 0 Å². The van der Waals surface area contributed by atoms with Gasteiger partial charge in [0.2, 0.25) is 0 Å². The van der Waals surface area contributed by atoms with E-state index >= 15 is 0 Å². The second kappa shape index (κ2) is 3.39. The van der Waals surface area contributed by atoms with E-state index in [0.29, 0.717) is 5.82 Å². The molecule has 0 bridgehead atoms. The van der Waals surface area contributed by atoms with Crippen LogP contribution < -0.4 is 5.32 Å². The molecule has 60 valence electrons. The van der Waals surface area contributed by atoms with E-state index in [9.17, 15) is 4.39 Å². The molecule has 0 saturated carbocycles. The Kier molecular flexibility index (Phi) is 2.48. The van der Waals surface area contributed by atoms with Crippen molar-refractivity contribution in [3.05, 3.63) is 24.0 Å². The lowest BCUT2D eigenvalue weighted by Gasteiger charge is -2.06. The number of nitrogens with one attached hydrogen (secondary N) is 1. The second-order valence-corrected chi connectivity index (χ2v) is 2.27. The first-order valence-electron chi connectivity index (χ1n) is 3.38. The van der Waals surface area contributed by atoms with Crippen LogP contribution in [0.1, 0.15) is 18.8 Å². The molecule has 1 aromatic heterocycles. The van der Waals surface area contributed by atoms with Crippen molar-refractivity contribution in [2.45, 2.75) is 13.0 Å². The number of rotatable bonds is 2. The predicted octanol–water partition coefficient (Wildman–Crippen LogP) is 0.896. The number of hydrogen-bond donors (Lipinski definition) is 1. The Morgan fingerprint density at radius 3 is 2.45 bits per heavy atom. The monoisotopic (exact) mass is 155 g/mol. The summed E-state index contributed by atoms with van der Waals surface area (Å²) < 4.78 is 12.3. The fraction of sp³-hybridized carbons (Fsp3) is 0.429. The molecule has 3 nitrogen and oxygen atoms in total. The summed E-state index contributed by atoms with van der Waals surface area (Å²) in [4.78, 5) is 7.60. The van der Waals surface area contributed by atoms with E-state index in [1.54, 1.807) is 7.05 Å². The molecule has 1 heterocycles. The van der Waals surface area contributed by atoms with E-state index in [-0.39, 0.29) is 6.04 Å². The van der Waals surface area contributed by atoms with E-state index in [1.165, 1.54) is 0 Å². The number of halogens is 1. The molecule has 0 fully saturated rings. The molecule has 0 amide bonds. The average molecular weight is 155 g/mol. The Labute approximate surface area is 64.7 Å². The predicted molar refractivity (Wildman–Crippen MR) is 39.5 cm³/mol.